The molecule has 0 atom stereocenters. The number of ether oxygens (including phenoxy) is 2. The van der Waals surface area contributed by atoms with E-state index in [1.54, 1.807) is 0 Å². The summed E-state index contributed by atoms with van der Waals surface area (Å²) < 4.78 is 10.5. The van der Waals surface area contributed by atoms with Gasteiger partial charge in [0.2, 0.25) is 0 Å². The summed E-state index contributed by atoms with van der Waals surface area (Å²) in [6.45, 7) is 9.49. The van der Waals surface area contributed by atoms with Crippen molar-refractivity contribution in [2.24, 2.45) is 0 Å². The second-order valence-electron chi connectivity index (χ2n) is 6.33. The molecule has 122 valence electrons. The average Bonchev–Trinajstić information content (AvgIpc) is 2.38. The summed E-state index contributed by atoms with van der Waals surface area (Å²) in [6, 6.07) is 5.90. The van der Waals surface area contributed by atoms with Crippen molar-refractivity contribution in [1.82, 2.24) is 5.32 Å². The molecule has 0 bridgehead atoms. The van der Waals surface area contributed by atoms with Crippen molar-refractivity contribution in [3.63, 3.8) is 0 Å². The second-order valence-corrected chi connectivity index (χ2v) is 6.33. The molecule has 1 rings (SSSR count). The van der Waals surface area contributed by atoms with Crippen molar-refractivity contribution in [2.45, 2.75) is 46.6 Å². The number of benzene rings is 1. The van der Waals surface area contributed by atoms with E-state index in [0.717, 1.165) is 16.9 Å². The summed E-state index contributed by atoms with van der Waals surface area (Å²) in [5, 5.41) is 2.72. The van der Waals surface area contributed by atoms with Crippen LogP contribution in [0.4, 0.5) is 0 Å². The quantitative estimate of drug-likeness (QED) is 0.820. The molecule has 5 heteroatoms. The van der Waals surface area contributed by atoms with Crippen molar-refractivity contribution in [2.75, 3.05) is 13.2 Å². The number of rotatable bonds is 6. The maximum atomic E-state index is 11.6. The lowest BCUT2D eigenvalue weighted by Crippen LogP contribution is -2.42. The van der Waals surface area contributed by atoms with E-state index >= 15 is 0 Å². The van der Waals surface area contributed by atoms with Crippen LogP contribution >= 0.6 is 0 Å². The fourth-order valence-electron chi connectivity index (χ4n) is 1.78. The van der Waals surface area contributed by atoms with Gasteiger partial charge in [0.15, 0.2) is 6.61 Å². The molecular weight excluding hydrogens is 282 g/mol. The van der Waals surface area contributed by atoms with Crippen molar-refractivity contribution in [3.05, 3.63) is 29.3 Å². The zero-order valence-electron chi connectivity index (χ0n) is 14.0. The Balaban J connectivity index is 2.29. The van der Waals surface area contributed by atoms with Gasteiger partial charge in [-0.15, -0.1) is 0 Å². The number of amides is 1. The maximum absolute atomic E-state index is 11.6. The zero-order valence-corrected chi connectivity index (χ0v) is 14.0. The maximum Gasteiger partial charge on any atom is 0.309 e. The number of aryl methyl sites for hydroxylation is 2. The molecular formula is C17H25NO4. The molecule has 0 aliphatic rings. The van der Waals surface area contributed by atoms with Crippen molar-refractivity contribution >= 4 is 11.9 Å². The minimum Gasteiger partial charge on any atom is -0.493 e. The van der Waals surface area contributed by atoms with E-state index in [0.29, 0.717) is 0 Å². The van der Waals surface area contributed by atoms with Gasteiger partial charge in [0, 0.05) is 5.54 Å². The van der Waals surface area contributed by atoms with Crippen LogP contribution in [0.5, 0.6) is 5.75 Å². The molecule has 0 spiro atoms. The van der Waals surface area contributed by atoms with Gasteiger partial charge in [0.1, 0.15) is 5.75 Å². The molecule has 0 heterocycles. The van der Waals surface area contributed by atoms with Crippen LogP contribution in [0.3, 0.4) is 0 Å². The Bertz CT molecular complexity index is 532. The first-order chi connectivity index (χ1) is 10.2. The summed E-state index contributed by atoms with van der Waals surface area (Å²) in [4.78, 5) is 23.1. The van der Waals surface area contributed by atoms with E-state index in [-0.39, 0.29) is 31.1 Å². The molecule has 0 saturated heterocycles. The first-order valence-electron chi connectivity index (χ1n) is 7.34. The van der Waals surface area contributed by atoms with Gasteiger partial charge >= 0.3 is 5.97 Å². The first-order valence-corrected chi connectivity index (χ1v) is 7.34. The van der Waals surface area contributed by atoms with Gasteiger partial charge in [-0.25, -0.2) is 0 Å². The van der Waals surface area contributed by atoms with Gasteiger partial charge in [0.25, 0.3) is 5.91 Å². The Morgan fingerprint density at radius 1 is 1.18 bits per heavy atom. The Labute approximate surface area is 132 Å². The van der Waals surface area contributed by atoms with Gasteiger partial charge in [-0.2, -0.15) is 0 Å². The van der Waals surface area contributed by atoms with Gasteiger partial charge in [0.05, 0.1) is 13.0 Å². The van der Waals surface area contributed by atoms with Gasteiger partial charge in [-0.1, -0.05) is 12.1 Å². The minimum absolute atomic E-state index is 0.107. The number of hydrogen-bond donors (Lipinski definition) is 1. The largest absolute Gasteiger partial charge is 0.493 e. The monoisotopic (exact) mass is 307 g/mol. The predicted molar refractivity (Wildman–Crippen MR) is 84.9 cm³/mol. The highest BCUT2D eigenvalue weighted by molar-refractivity contribution is 5.81. The number of esters is 1. The van der Waals surface area contributed by atoms with E-state index < -0.39 is 5.97 Å². The van der Waals surface area contributed by atoms with E-state index in [9.17, 15) is 9.59 Å². The highest BCUT2D eigenvalue weighted by atomic mass is 16.5. The molecule has 0 aliphatic heterocycles. The lowest BCUT2D eigenvalue weighted by atomic mass is 10.1. The number of carbonyl (C=O) groups is 2. The summed E-state index contributed by atoms with van der Waals surface area (Å²) in [5.41, 5.74) is 1.78. The normalized spacial score (nSPS) is 11.0. The minimum atomic E-state index is -0.450. The third kappa shape index (κ3) is 7.11. The molecule has 1 aromatic carbocycles. The Hall–Kier alpha value is -2.04. The summed E-state index contributed by atoms with van der Waals surface area (Å²) in [7, 11) is 0. The van der Waals surface area contributed by atoms with Crippen molar-refractivity contribution in [3.8, 4) is 5.75 Å². The summed E-state index contributed by atoms with van der Waals surface area (Å²) in [6.07, 6.45) is 0.107. The zero-order chi connectivity index (χ0) is 16.8. The van der Waals surface area contributed by atoms with Crippen LogP contribution in [-0.4, -0.2) is 30.6 Å². The van der Waals surface area contributed by atoms with Crippen LogP contribution in [-0.2, 0) is 14.3 Å². The first kappa shape index (κ1) is 18.0. The molecule has 0 unspecified atom stereocenters. The molecule has 0 fully saturated rings. The fraction of sp³-hybridized carbons (Fsp3) is 0.529. The highest BCUT2D eigenvalue weighted by Crippen LogP contribution is 2.19. The van der Waals surface area contributed by atoms with Crippen LogP contribution in [0.2, 0.25) is 0 Å². The Morgan fingerprint density at radius 2 is 1.86 bits per heavy atom. The lowest BCUT2D eigenvalue weighted by molar-refractivity contribution is -0.149. The Morgan fingerprint density at radius 3 is 2.50 bits per heavy atom. The molecule has 0 radical (unpaired) electrons. The fourth-order valence-corrected chi connectivity index (χ4v) is 1.78. The van der Waals surface area contributed by atoms with Gasteiger partial charge < -0.3 is 14.8 Å². The van der Waals surface area contributed by atoms with Crippen molar-refractivity contribution in [1.29, 1.82) is 0 Å². The molecule has 0 saturated carbocycles. The molecule has 1 N–H and O–H groups in total. The van der Waals surface area contributed by atoms with Crippen molar-refractivity contribution < 1.29 is 19.1 Å². The number of hydrogen-bond acceptors (Lipinski definition) is 4. The molecule has 0 aliphatic carbocycles. The Kier molecular flexibility index (Phi) is 6.40. The van der Waals surface area contributed by atoms with Gasteiger partial charge in [-0.05, 0) is 51.8 Å². The van der Waals surface area contributed by atoms with Crippen LogP contribution in [0.15, 0.2) is 18.2 Å². The predicted octanol–water partition coefficient (Wildman–Crippen LogP) is 2.53. The topological polar surface area (TPSA) is 64.6 Å². The third-order valence-electron chi connectivity index (χ3n) is 2.79. The van der Waals surface area contributed by atoms with E-state index in [1.165, 1.54) is 0 Å². The SMILES string of the molecule is Cc1ccc(C)c(OCCC(=O)OCC(=O)NC(C)(C)C)c1. The molecule has 1 amide bonds. The molecule has 0 aromatic heterocycles. The van der Waals surface area contributed by atoms with Crippen LogP contribution in [0.1, 0.15) is 38.3 Å². The smallest absolute Gasteiger partial charge is 0.309 e. The summed E-state index contributed by atoms with van der Waals surface area (Å²) >= 11 is 0. The third-order valence-corrected chi connectivity index (χ3v) is 2.79. The number of nitrogens with one attached hydrogen (secondary N) is 1. The van der Waals surface area contributed by atoms with Gasteiger partial charge in [-0.3, -0.25) is 9.59 Å². The van der Waals surface area contributed by atoms with Crippen LogP contribution in [0, 0.1) is 13.8 Å². The molecule has 22 heavy (non-hydrogen) atoms. The second kappa shape index (κ2) is 7.82. The average molecular weight is 307 g/mol. The standard InChI is InChI=1S/C17H25NO4/c1-12-6-7-13(2)14(10-12)21-9-8-16(20)22-11-15(19)18-17(3,4)5/h6-7,10H,8-9,11H2,1-5H3,(H,18,19). The van der Waals surface area contributed by atoms with Crippen LogP contribution in [0.25, 0.3) is 0 Å². The van der Waals surface area contributed by atoms with Crippen LogP contribution < -0.4 is 10.1 Å². The summed E-state index contributed by atoms with van der Waals surface area (Å²) in [5.74, 6) is 0.00365. The van der Waals surface area contributed by atoms with E-state index in [4.69, 9.17) is 9.47 Å². The highest BCUT2D eigenvalue weighted by Gasteiger charge is 2.15. The lowest BCUT2D eigenvalue weighted by Gasteiger charge is -2.20. The number of carbonyl (C=O) groups excluding carboxylic acids is 2. The molecule has 5 nitrogen and oxygen atoms in total. The molecule has 1 aromatic rings. The van der Waals surface area contributed by atoms with E-state index in [1.807, 2.05) is 52.8 Å². The van der Waals surface area contributed by atoms with E-state index in [2.05, 4.69) is 5.32 Å².